The van der Waals surface area contributed by atoms with E-state index in [0.717, 1.165) is 17.0 Å². The van der Waals surface area contributed by atoms with Gasteiger partial charge in [0.1, 0.15) is 0 Å². The van der Waals surface area contributed by atoms with Crippen LogP contribution in [0.1, 0.15) is 39.2 Å². The molecule has 0 N–H and O–H groups in total. The van der Waals surface area contributed by atoms with Gasteiger partial charge in [-0.3, -0.25) is 9.59 Å². The molecular weight excluding hydrogens is 262 g/mol. The number of hydrogen-bond donors (Lipinski definition) is 0. The number of Topliss-reactive ketones (excluding diaryl/α,β-unsaturated/α-hetero) is 2. The Morgan fingerprint density at radius 3 is 1.71 bits per heavy atom. The predicted molar refractivity (Wildman–Crippen MR) is 83.7 cm³/mol. The molecule has 0 saturated carbocycles. The summed E-state index contributed by atoms with van der Waals surface area (Å²) in [4.78, 5) is 26.3. The largest absolute Gasteiger partial charge is 0.351 e. The average molecular weight is 283 g/mol. The third-order valence-electron chi connectivity index (χ3n) is 4.25. The summed E-state index contributed by atoms with van der Waals surface area (Å²) in [5.74, 6) is -0.240. The van der Waals surface area contributed by atoms with E-state index in [0.29, 0.717) is 11.1 Å². The minimum Gasteiger partial charge on any atom is -0.351 e. The normalized spacial score (nSPS) is 16.5. The topological polar surface area (TPSA) is 37.4 Å². The van der Waals surface area contributed by atoms with Gasteiger partial charge in [-0.15, -0.1) is 0 Å². The third-order valence-corrected chi connectivity index (χ3v) is 4.25. The van der Waals surface area contributed by atoms with Crippen LogP contribution >= 0.6 is 0 Å². The first-order valence-electron chi connectivity index (χ1n) is 7.08. The number of carbonyl (C=O) groups excluding carboxylic acids is 2. The molecule has 0 aromatic heterocycles. The SMILES string of the molecule is CC(=O)C1=C(C)N(C)C(C)=C(C(C)=O)C1c1ccccc1. The van der Waals surface area contributed by atoms with E-state index in [2.05, 4.69) is 0 Å². The van der Waals surface area contributed by atoms with Crippen LogP contribution in [-0.2, 0) is 9.59 Å². The van der Waals surface area contributed by atoms with Gasteiger partial charge in [0.05, 0.1) is 0 Å². The zero-order valence-corrected chi connectivity index (χ0v) is 13.2. The van der Waals surface area contributed by atoms with E-state index in [4.69, 9.17) is 0 Å². The van der Waals surface area contributed by atoms with Crippen molar-refractivity contribution >= 4 is 11.6 Å². The number of allylic oxidation sites excluding steroid dienone is 4. The van der Waals surface area contributed by atoms with Crippen molar-refractivity contribution in [2.45, 2.75) is 33.6 Å². The molecule has 110 valence electrons. The average Bonchev–Trinajstić information content (AvgIpc) is 2.44. The van der Waals surface area contributed by atoms with E-state index >= 15 is 0 Å². The van der Waals surface area contributed by atoms with Crippen molar-refractivity contribution in [2.24, 2.45) is 0 Å². The van der Waals surface area contributed by atoms with E-state index in [9.17, 15) is 9.59 Å². The summed E-state index contributed by atoms with van der Waals surface area (Å²) in [6.45, 7) is 7.02. The molecule has 0 aliphatic carbocycles. The van der Waals surface area contributed by atoms with Gasteiger partial charge < -0.3 is 4.90 Å². The minimum absolute atomic E-state index is 0.0134. The molecule has 0 spiro atoms. The van der Waals surface area contributed by atoms with Crippen molar-refractivity contribution in [2.75, 3.05) is 7.05 Å². The van der Waals surface area contributed by atoms with Crippen molar-refractivity contribution in [3.05, 3.63) is 58.4 Å². The Morgan fingerprint density at radius 1 is 0.905 bits per heavy atom. The molecule has 1 aromatic carbocycles. The summed E-state index contributed by atoms with van der Waals surface area (Å²) in [5, 5.41) is 0. The number of nitrogens with zero attached hydrogens (tertiary/aromatic N) is 1. The van der Waals surface area contributed by atoms with Gasteiger partial charge in [0.2, 0.25) is 0 Å². The fraction of sp³-hybridized carbons (Fsp3) is 0.333. The van der Waals surface area contributed by atoms with Gasteiger partial charge in [-0.2, -0.15) is 0 Å². The number of benzene rings is 1. The quantitative estimate of drug-likeness (QED) is 0.852. The Morgan fingerprint density at radius 2 is 1.33 bits per heavy atom. The molecule has 0 bridgehead atoms. The molecule has 21 heavy (non-hydrogen) atoms. The number of rotatable bonds is 3. The lowest BCUT2D eigenvalue weighted by Gasteiger charge is -2.36. The number of carbonyl (C=O) groups is 2. The summed E-state index contributed by atoms with van der Waals surface area (Å²) in [5.41, 5.74) is 4.23. The lowest BCUT2D eigenvalue weighted by Crippen LogP contribution is -2.31. The predicted octanol–water partition coefficient (Wildman–Crippen LogP) is 3.44. The Labute approximate surface area is 126 Å². The highest BCUT2D eigenvalue weighted by Crippen LogP contribution is 2.41. The van der Waals surface area contributed by atoms with Crippen LogP contribution in [-0.4, -0.2) is 23.5 Å². The molecule has 0 unspecified atom stereocenters. The second-order valence-corrected chi connectivity index (χ2v) is 5.51. The molecule has 3 nitrogen and oxygen atoms in total. The van der Waals surface area contributed by atoms with E-state index in [1.54, 1.807) is 13.8 Å². The van der Waals surface area contributed by atoms with Crippen LogP contribution in [0, 0.1) is 0 Å². The fourth-order valence-electron chi connectivity index (χ4n) is 3.07. The maximum atomic E-state index is 12.2. The lowest BCUT2D eigenvalue weighted by molar-refractivity contribution is -0.114. The van der Waals surface area contributed by atoms with E-state index < -0.39 is 0 Å². The van der Waals surface area contributed by atoms with Gasteiger partial charge in [0, 0.05) is 35.5 Å². The Bertz CT molecular complexity index is 615. The van der Waals surface area contributed by atoms with Gasteiger partial charge in [-0.05, 0) is 33.3 Å². The molecular formula is C18H21NO2. The molecule has 1 aliphatic rings. The first kappa shape index (κ1) is 15.2. The summed E-state index contributed by atoms with van der Waals surface area (Å²) in [6.07, 6.45) is 0. The highest BCUT2D eigenvalue weighted by Gasteiger charge is 2.35. The minimum atomic E-state index is -0.266. The van der Waals surface area contributed by atoms with Gasteiger partial charge >= 0.3 is 0 Å². The zero-order valence-electron chi connectivity index (χ0n) is 13.2. The number of hydrogen-bond acceptors (Lipinski definition) is 3. The van der Waals surface area contributed by atoms with E-state index in [1.807, 2.05) is 56.1 Å². The summed E-state index contributed by atoms with van der Waals surface area (Å²) < 4.78 is 0. The van der Waals surface area contributed by atoms with Crippen molar-refractivity contribution < 1.29 is 9.59 Å². The Balaban J connectivity index is 2.74. The highest BCUT2D eigenvalue weighted by molar-refractivity contribution is 6.03. The molecule has 0 fully saturated rings. The van der Waals surface area contributed by atoms with E-state index in [-0.39, 0.29) is 17.5 Å². The third kappa shape index (κ3) is 2.56. The van der Waals surface area contributed by atoms with Gasteiger partial charge in [-0.1, -0.05) is 30.3 Å². The smallest absolute Gasteiger partial charge is 0.158 e. The summed E-state index contributed by atoms with van der Waals surface area (Å²) in [7, 11) is 1.90. The van der Waals surface area contributed by atoms with Crippen LogP contribution in [0.5, 0.6) is 0 Å². The monoisotopic (exact) mass is 283 g/mol. The molecule has 0 saturated heterocycles. The molecule has 2 rings (SSSR count). The van der Waals surface area contributed by atoms with Gasteiger partial charge in [0.25, 0.3) is 0 Å². The summed E-state index contributed by atoms with van der Waals surface area (Å²) in [6, 6.07) is 9.76. The Hall–Kier alpha value is -2.16. The summed E-state index contributed by atoms with van der Waals surface area (Å²) >= 11 is 0. The van der Waals surface area contributed by atoms with Gasteiger partial charge in [-0.25, -0.2) is 0 Å². The second-order valence-electron chi connectivity index (χ2n) is 5.51. The Kier molecular flexibility index (Phi) is 4.12. The van der Waals surface area contributed by atoms with Crippen LogP contribution in [0.4, 0.5) is 0 Å². The number of ketones is 2. The first-order chi connectivity index (χ1) is 9.86. The maximum absolute atomic E-state index is 12.2. The molecule has 1 aliphatic heterocycles. The molecule has 0 radical (unpaired) electrons. The second kappa shape index (κ2) is 5.68. The van der Waals surface area contributed by atoms with Crippen molar-refractivity contribution in [3.63, 3.8) is 0 Å². The molecule has 3 heteroatoms. The van der Waals surface area contributed by atoms with Crippen LogP contribution in [0.2, 0.25) is 0 Å². The lowest BCUT2D eigenvalue weighted by atomic mass is 9.77. The van der Waals surface area contributed by atoms with Crippen LogP contribution in [0.3, 0.4) is 0 Å². The highest BCUT2D eigenvalue weighted by atomic mass is 16.1. The molecule has 1 aromatic rings. The van der Waals surface area contributed by atoms with Crippen molar-refractivity contribution in [1.29, 1.82) is 0 Å². The molecule has 0 atom stereocenters. The van der Waals surface area contributed by atoms with Gasteiger partial charge in [0.15, 0.2) is 11.6 Å². The van der Waals surface area contributed by atoms with Crippen molar-refractivity contribution in [3.8, 4) is 0 Å². The molecule has 1 heterocycles. The van der Waals surface area contributed by atoms with E-state index in [1.165, 1.54) is 0 Å². The maximum Gasteiger partial charge on any atom is 0.158 e. The zero-order chi connectivity index (χ0) is 15.7. The first-order valence-corrected chi connectivity index (χ1v) is 7.08. The standard InChI is InChI=1S/C18H21NO2/c1-11-16(13(3)20)18(15-9-7-6-8-10-15)17(14(4)21)12(2)19(11)5/h6-10,18H,1-5H3. The van der Waals surface area contributed by atoms with Crippen LogP contribution in [0.25, 0.3) is 0 Å². The van der Waals surface area contributed by atoms with Crippen LogP contribution < -0.4 is 0 Å². The van der Waals surface area contributed by atoms with Crippen molar-refractivity contribution in [1.82, 2.24) is 4.90 Å². The van der Waals surface area contributed by atoms with Crippen LogP contribution in [0.15, 0.2) is 52.9 Å². The molecule has 0 amide bonds. The fourth-order valence-corrected chi connectivity index (χ4v) is 3.07.